The molecule has 1 aromatic rings. The number of carbonyl (C=O) groups is 1. The number of likely N-dealkylation sites (tertiary alicyclic amines) is 1. The van der Waals surface area contributed by atoms with Crippen LogP contribution in [0.5, 0.6) is 0 Å². The Morgan fingerprint density at radius 1 is 1.41 bits per heavy atom. The maximum Gasteiger partial charge on any atom is 0.253 e. The zero-order valence-electron chi connectivity index (χ0n) is 9.58. The van der Waals surface area contributed by atoms with Crippen molar-refractivity contribution in [2.45, 2.75) is 6.42 Å². The Morgan fingerprint density at radius 3 is 2.88 bits per heavy atom. The molecule has 2 aliphatic rings. The van der Waals surface area contributed by atoms with Crippen molar-refractivity contribution in [1.82, 2.24) is 10.2 Å². The summed E-state index contributed by atoms with van der Waals surface area (Å²) in [6.45, 7) is 3.65. The fourth-order valence-corrected chi connectivity index (χ4v) is 2.78. The Kier molecular flexibility index (Phi) is 2.40. The van der Waals surface area contributed by atoms with E-state index in [0.717, 1.165) is 32.6 Å². The third-order valence-corrected chi connectivity index (χ3v) is 3.74. The monoisotopic (exact) mass is 234 g/mol. The second kappa shape index (κ2) is 3.81. The molecule has 17 heavy (non-hydrogen) atoms. The van der Waals surface area contributed by atoms with Crippen LogP contribution in [0.4, 0.5) is 4.39 Å². The minimum atomic E-state index is -0.353. The lowest BCUT2D eigenvalue weighted by Gasteiger charge is -2.47. The molecule has 0 aromatic heterocycles. The number of nitrogens with one attached hydrogen (secondary N) is 1. The van der Waals surface area contributed by atoms with Gasteiger partial charge in [0.25, 0.3) is 5.91 Å². The number of hydrogen-bond donors (Lipinski definition) is 1. The lowest BCUT2D eigenvalue weighted by molar-refractivity contribution is 0.0159. The van der Waals surface area contributed by atoms with Gasteiger partial charge >= 0.3 is 0 Å². The average molecular weight is 234 g/mol. The number of benzene rings is 1. The van der Waals surface area contributed by atoms with Crippen LogP contribution in [-0.2, 0) is 0 Å². The average Bonchev–Trinajstić information content (AvgIpc) is 2.75. The van der Waals surface area contributed by atoms with Gasteiger partial charge in [0.05, 0.1) is 0 Å². The van der Waals surface area contributed by atoms with Crippen molar-refractivity contribution in [2.24, 2.45) is 5.41 Å². The van der Waals surface area contributed by atoms with Gasteiger partial charge in [-0.3, -0.25) is 4.79 Å². The summed E-state index contributed by atoms with van der Waals surface area (Å²) in [6, 6.07) is 5.91. The number of amides is 1. The third-order valence-electron chi connectivity index (χ3n) is 3.74. The lowest BCUT2D eigenvalue weighted by atomic mass is 9.79. The van der Waals surface area contributed by atoms with Crippen molar-refractivity contribution in [3.05, 3.63) is 35.6 Å². The number of carbonyl (C=O) groups excluding carboxylic acids is 1. The van der Waals surface area contributed by atoms with Crippen LogP contribution in [0.3, 0.4) is 0 Å². The van der Waals surface area contributed by atoms with E-state index < -0.39 is 0 Å². The van der Waals surface area contributed by atoms with E-state index >= 15 is 0 Å². The highest BCUT2D eigenvalue weighted by Crippen LogP contribution is 2.36. The molecule has 3 rings (SSSR count). The second-order valence-corrected chi connectivity index (χ2v) is 5.10. The Morgan fingerprint density at radius 2 is 2.24 bits per heavy atom. The van der Waals surface area contributed by atoms with Crippen LogP contribution in [0, 0.1) is 11.2 Å². The van der Waals surface area contributed by atoms with E-state index in [-0.39, 0.29) is 11.7 Å². The van der Waals surface area contributed by atoms with Gasteiger partial charge < -0.3 is 10.2 Å². The first kappa shape index (κ1) is 10.7. The molecule has 2 aliphatic heterocycles. The maximum absolute atomic E-state index is 13.0. The zero-order valence-corrected chi connectivity index (χ0v) is 9.58. The highest BCUT2D eigenvalue weighted by Gasteiger charge is 2.46. The largest absolute Gasteiger partial charge is 0.337 e. The molecule has 0 saturated carbocycles. The number of rotatable bonds is 1. The summed E-state index contributed by atoms with van der Waals surface area (Å²) in [5.41, 5.74) is 0.744. The summed E-state index contributed by atoms with van der Waals surface area (Å²) >= 11 is 0. The van der Waals surface area contributed by atoms with E-state index in [1.54, 1.807) is 12.1 Å². The Labute approximate surface area is 99.6 Å². The third kappa shape index (κ3) is 1.82. The first-order chi connectivity index (χ1) is 8.19. The van der Waals surface area contributed by atoms with E-state index in [2.05, 4.69) is 5.32 Å². The lowest BCUT2D eigenvalue weighted by Crippen LogP contribution is -2.59. The van der Waals surface area contributed by atoms with E-state index in [1.165, 1.54) is 12.1 Å². The molecular formula is C13H15FN2O. The second-order valence-electron chi connectivity index (χ2n) is 5.10. The summed E-state index contributed by atoms with van der Waals surface area (Å²) in [5.74, 6) is -0.407. The van der Waals surface area contributed by atoms with Crippen LogP contribution in [0.25, 0.3) is 0 Å². The fourth-order valence-electron chi connectivity index (χ4n) is 2.78. The Hall–Kier alpha value is -1.42. The predicted octanol–water partition coefficient (Wildman–Crippen LogP) is 1.26. The quantitative estimate of drug-likeness (QED) is 0.793. The van der Waals surface area contributed by atoms with Crippen molar-refractivity contribution < 1.29 is 9.18 Å². The molecule has 2 heterocycles. The Bertz CT molecular complexity index is 446. The highest BCUT2D eigenvalue weighted by molar-refractivity contribution is 5.94. The van der Waals surface area contributed by atoms with Gasteiger partial charge in [-0.15, -0.1) is 0 Å². The fraction of sp³-hybridized carbons (Fsp3) is 0.462. The van der Waals surface area contributed by atoms with Crippen molar-refractivity contribution in [3.8, 4) is 0 Å². The molecule has 3 nitrogen and oxygen atoms in total. The Balaban J connectivity index is 1.69. The molecule has 2 saturated heterocycles. The minimum absolute atomic E-state index is 0.0537. The van der Waals surface area contributed by atoms with Gasteiger partial charge in [-0.1, -0.05) is 6.07 Å². The molecule has 4 heteroatoms. The van der Waals surface area contributed by atoms with Crippen molar-refractivity contribution in [3.63, 3.8) is 0 Å². The molecular weight excluding hydrogens is 219 g/mol. The topological polar surface area (TPSA) is 32.3 Å². The molecule has 0 bridgehead atoms. The minimum Gasteiger partial charge on any atom is -0.337 e. The van der Waals surface area contributed by atoms with Crippen LogP contribution in [0.2, 0.25) is 0 Å². The molecule has 0 atom stereocenters. The normalized spacial score (nSPS) is 21.6. The SMILES string of the molecule is O=C(c1cccc(F)c1)N1CC2(CCNC2)C1. The highest BCUT2D eigenvalue weighted by atomic mass is 19.1. The van der Waals surface area contributed by atoms with Gasteiger partial charge in [-0.25, -0.2) is 4.39 Å². The summed E-state index contributed by atoms with van der Waals surface area (Å²) in [4.78, 5) is 13.9. The van der Waals surface area contributed by atoms with Crippen LogP contribution in [-0.4, -0.2) is 37.0 Å². The summed E-state index contributed by atoms with van der Waals surface area (Å²) in [7, 11) is 0. The molecule has 90 valence electrons. The van der Waals surface area contributed by atoms with Crippen LogP contribution in [0.15, 0.2) is 24.3 Å². The molecule has 2 fully saturated rings. The number of nitrogens with zero attached hydrogens (tertiary/aromatic N) is 1. The van der Waals surface area contributed by atoms with Crippen LogP contribution < -0.4 is 5.32 Å². The van der Waals surface area contributed by atoms with Gasteiger partial charge in [0.15, 0.2) is 0 Å². The smallest absolute Gasteiger partial charge is 0.253 e. The van der Waals surface area contributed by atoms with Crippen molar-refractivity contribution in [1.29, 1.82) is 0 Å². The molecule has 1 aromatic carbocycles. The maximum atomic E-state index is 13.0. The standard InChI is InChI=1S/C13H15FN2O/c14-11-3-1-2-10(6-11)12(17)16-8-13(9-16)4-5-15-7-13/h1-3,6,15H,4-5,7-9H2. The van der Waals surface area contributed by atoms with Crippen molar-refractivity contribution >= 4 is 5.91 Å². The number of hydrogen-bond acceptors (Lipinski definition) is 2. The van der Waals surface area contributed by atoms with Gasteiger partial charge in [0.2, 0.25) is 0 Å². The van der Waals surface area contributed by atoms with E-state index in [1.807, 2.05) is 4.90 Å². The molecule has 1 N–H and O–H groups in total. The number of halogens is 1. The van der Waals surface area contributed by atoms with Gasteiger partial charge in [0.1, 0.15) is 5.82 Å². The predicted molar refractivity (Wildman–Crippen MR) is 62.2 cm³/mol. The molecule has 0 aliphatic carbocycles. The zero-order chi connectivity index (χ0) is 11.9. The molecule has 0 unspecified atom stereocenters. The summed E-state index contributed by atoms with van der Waals surface area (Å²) in [5, 5.41) is 3.33. The molecule has 0 radical (unpaired) electrons. The van der Waals surface area contributed by atoms with Gasteiger partial charge in [-0.05, 0) is 31.2 Å². The molecule has 1 amide bonds. The molecule has 1 spiro atoms. The first-order valence-corrected chi connectivity index (χ1v) is 5.94. The first-order valence-electron chi connectivity index (χ1n) is 5.94. The van der Waals surface area contributed by atoms with E-state index in [4.69, 9.17) is 0 Å². The summed E-state index contributed by atoms with van der Waals surface area (Å²) in [6.07, 6.45) is 1.14. The van der Waals surface area contributed by atoms with Gasteiger partial charge in [0, 0.05) is 30.6 Å². The van der Waals surface area contributed by atoms with E-state index in [9.17, 15) is 9.18 Å². The summed E-state index contributed by atoms with van der Waals surface area (Å²) < 4.78 is 13.0. The van der Waals surface area contributed by atoms with Crippen LogP contribution in [0.1, 0.15) is 16.8 Å². The van der Waals surface area contributed by atoms with E-state index in [0.29, 0.717) is 11.0 Å². The van der Waals surface area contributed by atoms with Gasteiger partial charge in [-0.2, -0.15) is 0 Å². The van der Waals surface area contributed by atoms with Crippen molar-refractivity contribution in [2.75, 3.05) is 26.2 Å². The van der Waals surface area contributed by atoms with Crippen LogP contribution >= 0.6 is 0 Å².